The van der Waals surface area contributed by atoms with Crippen LogP contribution in [0.1, 0.15) is 111 Å². The van der Waals surface area contributed by atoms with Gasteiger partial charge in [0.05, 0.1) is 33.0 Å². The summed E-state index contributed by atoms with van der Waals surface area (Å²) in [7, 11) is 0.655. The number of ketones is 1. The molecule has 1 heterocycles. The molecule has 1 aliphatic heterocycles. The summed E-state index contributed by atoms with van der Waals surface area (Å²) < 4.78 is 31.7. The maximum Gasteiger partial charge on any atom is 0.333 e. The number of benzene rings is 1. The summed E-state index contributed by atoms with van der Waals surface area (Å²) >= 11 is 0. The van der Waals surface area contributed by atoms with E-state index in [1.165, 1.54) is 7.11 Å². The normalized spacial score (nSPS) is 26.3. The van der Waals surface area contributed by atoms with Crippen molar-refractivity contribution in [3.8, 4) is 11.8 Å². The molecule has 0 radical (unpaired) electrons. The lowest BCUT2D eigenvalue weighted by atomic mass is 9.61. The van der Waals surface area contributed by atoms with Crippen LogP contribution in [0.5, 0.6) is 5.75 Å². The zero-order valence-electron chi connectivity index (χ0n) is 34.3. The fourth-order valence-corrected chi connectivity index (χ4v) is 9.40. The van der Waals surface area contributed by atoms with E-state index in [-0.39, 0.29) is 35.7 Å². The molecule has 0 saturated carbocycles. The first kappa shape index (κ1) is 43.4. The van der Waals surface area contributed by atoms with Gasteiger partial charge in [0.1, 0.15) is 11.9 Å². The van der Waals surface area contributed by atoms with Crippen molar-refractivity contribution in [2.75, 3.05) is 20.8 Å². The molecule has 54 heavy (non-hydrogen) atoms. The number of methoxy groups -OCH3 is 2. The van der Waals surface area contributed by atoms with Crippen LogP contribution < -0.4 is 4.74 Å². The van der Waals surface area contributed by atoms with E-state index in [4.69, 9.17) is 23.4 Å². The number of allylic oxidation sites excluding steroid dienone is 6. The molecule has 4 bridgehead atoms. The van der Waals surface area contributed by atoms with Gasteiger partial charge in [-0.05, 0) is 100 Å². The summed E-state index contributed by atoms with van der Waals surface area (Å²) in [6.07, 6.45) is 17.9. The Morgan fingerprint density at radius 3 is 2.39 bits per heavy atom. The Labute approximate surface area is 326 Å². The van der Waals surface area contributed by atoms with Crippen molar-refractivity contribution in [2.45, 2.75) is 135 Å². The smallest absolute Gasteiger partial charge is 0.333 e. The number of hydrogen-bond donors (Lipinski definition) is 0. The van der Waals surface area contributed by atoms with Crippen LogP contribution in [0.4, 0.5) is 0 Å². The van der Waals surface area contributed by atoms with E-state index in [1.807, 2.05) is 49.4 Å². The fourth-order valence-electron chi connectivity index (χ4n) is 8.11. The predicted octanol–water partition coefficient (Wildman–Crippen LogP) is 10.5. The maximum atomic E-state index is 14.3. The first-order chi connectivity index (χ1) is 25.8. The van der Waals surface area contributed by atoms with Crippen LogP contribution in [0.25, 0.3) is 0 Å². The van der Waals surface area contributed by atoms with Crippen molar-refractivity contribution >= 4 is 20.1 Å². The van der Waals surface area contributed by atoms with Crippen molar-refractivity contribution in [3.63, 3.8) is 0 Å². The van der Waals surface area contributed by atoms with E-state index in [1.54, 1.807) is 7.11 Å². The van der Waals surface area contributed by atoms with E-state index in [0.717, 1.165) is 49.0 Å². The monoisotopic (exact) mass is 759 g/mol. The van der Waals surface area contributed by atoms with Crippen LogP contribution in [-0.4, -0.2) is 53.1 Å². The Hall–Kier alpha value is -3.29. The van der Waals surface area contributed by atoms with Gasteiger partial charge in [-0.1, -0.05) is 82.2 Å². The zero-order valence-corrected chi connectivity index (χ0v) is 35.3. The minimum Gasteiger partial charge on any atom is -0.497 e. The fraction of sp³-hybridized carbons (Fsp3) is 0.622. The summed E-state index contributed by atoms with van der Waals surface area (Å²) in [6, 6.07) is 10.1. The Bertz CT molecular complexity index is 1580. The van der Waals surface area contributed by atoms with Crippen LogP contribution in [0, 0.1) is 34.5 Å². The number of unbranched alkanes of at least 4 members (excludes halogenated alkanes) is 3. The van der Waals surface area contributed by atoms with Gasteiger partial charge < -0.3 is 23.4 Å². The summed E-state index contributed by atoms with van der Waals surface area (Å²) in [5.41, 5.74) is 1.71. The van der Waals surface area contributed by atoms with Crippen LogP contribution in [0.2, 0.25) is 18.1 Å². The second kappa shape index (κ2) is 19.5. The van der Waals surface area contributed by atoms with Crippen LogP contribution in [-0.2, 0) is 28.2 Å². The van der Waals surface area contributed by atoms with Crippen LogP contribution >= 0.6 is 0 Å². The molecule has 8 nitrogen and oxygen atoms in total. The third-order valence-corrected chi connectivity index (χ3v) is 16.7. The number of ether oxygens (including phenoxy) is 4. The molecule has 296 valence electrons. The summed E-state index contributed by atoms with van der Waals surface area (Å²) in [5.74, 6) is -0.187. The molecule has 1 aromatic rings. The molecule has 1 aromatic carbocycles. The lowest BCUT2D eigenvalue weighted by Gasteiger charge is -2.47. The van der Waals surface area contributed by atoms with Crippen LogP contribution in [0.3, 0.4) is 0 Å². The standard InChI is InChI=1S/C45H65NO7Si/c1-10-12-14-15-16-18-19-33-29-37-41-40(36(33)30-39(38(47)20-17-13-11-2)53-54(8,9)44(3,4)5)35(42(48)50-7)25-26-45(37,27-28-46)31-51-43(52-41)32-21-23-34(49-6)24-22-32/h10-13,21-25,29,33,36,39-41,43H,14-20,26-27,30-31H2,1-9H3/b12-10-,13-11+/t33-,36+,39-,40-,41?,43?,45+/m1/s1. The second-order valence-corrected chi connectivity index (χ2v) is 21.6. The zero-order chi connectivity index (χ0) is 39.5. The van der Waals surface area contributed by atoms with Gasteiger partial charge in [0.25, 0.3) is 0 Å². The number of nitrogens with zero attached hydrogens (tertiary/aromatic N) is 1. The highest BCUT2D eigenvalue weighted by Crippen LogP contribution is 2.56. The largest absolute Gasteiger partial charge is 0.497 e. The lowest BCUT2D eigenvalue weighted by Crippen LogP contribution is -2.49. The Kier molecular flexibility index (Phi) is 15.7. The maximum absolute atomic E-state index is 14.3. The van der Waals surface area contributed by atoms with Gasteiger partial charge in [0, 0.05) is 35.3 Å². The molecule has 2 unspecified atom stereocenters. The van der Waals surface area contributed by atoms with Gasteiger partial charge in [0.15, 0.2) is 20.4 Å². The molecule has 2 aliphatic carbocycles. The van der Waals surface area contributed by atoms with Crippen molar-refractivity contribution in [1.29, 1.82) is 5.26 Å². The molecule has 0 aromatic heterocycles. The summed E-state index contributed by atoms with van der Waals surface area (Å²) in [6.45, 7) is 15.3. The number of hydrogen-bond acceptors (Lipinski definition) is 8. The van der Waals surface area contributed by atoms with Gasteiger partial charge in [-0.15, -0.1) is 0 Å². The number of carbonyl (C=O) groups is 2. The van der Waals surface area contributed by atoms with Gasteiger partial charge in [-0.3, -0.25) is 4.79 Å². The molecular formula is C45H65NO7Si. The molecule has 0 spiro atoms. The van der Waals surface area contributed by atoms with E-state index in [9.17, 15) is 14.9 Å². The first-order valence-corrected chi connectivity index (χ1v) is 22.9. The van der Waals surface area contributed by atoms with Crippen molar-refractivity contribution < 1.29 is 33.0 Å². The molecule has 0 N–H and O–H groups in total. The molecule has 3 aliphatic rings. The van der Waals surface area contributed by atoms with Crippen LogP contribution in [0.15, 0.2) is 71.9 Å². The lowest BCUT2D eigenvalue weighted by molar-refractivity contribution is -0.174. The van der Waals surface area contributed by atoms with E-state index in [2.05, 4.69) is 65.1 Å². The Morgan fingerprint density at radius 1 is 1.06 bits per heavy atom. The molecular weight excluding hydrogens is 695 g/mol. The summed E-state index contributed by atoms with van der Waals surface area (Å²) in [5, 5.41) is 10.2. The quantitative estimate of drug-likeness (QED) is 0.0631. The Morgan fingerprint density at radius 2 is 1.76 bits per heavy atom. The number of nitriles is 1. The number of rotatable bonds is 18. The minimum atomic E-state index is -2.40. The van der Waals surface area contributed by atoms with Gasteiger partial charge in [-0.25, -0.2) is 4.79 Å². The first-order valence-electron chi connectivity index (χ1n) is 20.0. The molecule has 7 atom stereocenters. The molecule has 1 saturated heterocycles. The predicted molar refractivity (Wildman–Crippen MR) is 216 cm³/mol. The summed E-state index contributed by atoms with van der Waals surface area (Å²) in [4.78, 5) is 28.3. The molecule has 1 fully saturated rings. The highest BCUT2D eigenvalue weighted by atomic mass is 28.4. The van der Waals surface area contributed by atoms with Crippen molar-refractivity contribution in [1.82, 2.24) is 0 Å². The number of esters is 1. The Balaban J connectivity index is 1.90. The highest BCUT2D eigenvalue weighted by molar-refractivity contribution is 6.74. The van der Waals surface area contributed by atoms with E-state index >= 15 is 0 Å². The van der Waals surface area contributed by atoms with Gasteiger partial charge in [-0.2, -0.15) is 5.26 Å². The van der Waals surface area contributed by atoms with Crippen molar-refractivity contribution in [3.05, 3.63) is 77.4 Å². The average Bonchev–Trinajstić information content (AvgIpc) is 3.35. The molecule has 0 amide bonds. The highest BCUT2D eigenvalue weighted by Gasteiger charge is 2.55. The number of Topliss-reactive ketones (excluding diaryl/α,β-unsaturated/α-hetero) is 1. The number of carbonyl (C=O) groups excluding carboxylic acids is 2. The molecule has 4 rings (SSSR count). The van der Waals surface area contributed by atoms with Gasteiger partial charge >= 0.3 is 5.97 Å². The topological polar surface area (TPSA) is 104 Å². The van der Waals surface area contributed by atoms with Gasteiger partial charge in [0.2, 0.25) is 0 Å². The second-order valence-electron chi connectivity index (χ2n) is 16.8. The average molecular weight is 760 g/mol. The minimum absolute atomic E-state index is 0.0159. The SMILES string of the molecule is C/C=C\CCCCC[C@@H]1C=C2C3OC(c4ccc(OC)cc4)OC[C@@]2(CC#N)CC=C(C(=O)OC)[C@@H]3[C@H]1C[C@@H](O[Si](C)(C)C(C)(C)C)C(=O)CC/C=C/C. The molecule has 9 heteroatoms. The van der Waals surface area contributed by atoms with Crippen molar-refractivity contribution in [2.24, 2.45) is 23.2 Å². The third-order valence-electron chi connectivity index (χ3n) is 12.3. The third kappa shape index (κ3) is 10.3. The van der Waals surface area contributed by atoms with E-state index in [0.29, 0.717) is 31.3 Å². The van der Waals surface area contributed by atoms with E-state index < -0.39 is 44.1 Å².